The maximum atomic E-state index is 13.0. The quantitative estimate of drug-likeness (QED) is 0.0906. The molecule has 3 aliphatic rings. The highest BCUT2D eigenvalue weighted by molar-refractivity contribution is 9.10. The number of halogens is 1. The number of phenols is 1. The van der Waals surface area contributed by atoms with Crippen LogP contribution in [-0.4, -0.2) is 82.8 Å². The lowest BCUT2D eigenvalue weighted by molar-refractivity contribution is -0.136. The van der Waals surface area contributed by atoms with Crippen molar-refractivity contribution in [2.75, 3.05) is 39.3 Å². The summed E-state index contributed by atoms with van der Waals surface area (Å²) in [4.78, 5) is 44.9. The summed E-state index contributed by atoms with van der Waals surface area (Å²) in [7, 11) is 0. The summed E-state index contributed by atoms with van der Waals surface area (Å²) in [5, 5.41) is 13.5. The molecule has 4 aromatic carbocycles. The van der Waals surface area contributed by atoms with Crippen molar-refractivity contribution >= 4 is 55.1 Å². The Kier molecular flexibility index (Phi) is 11.8. The number of unbranched alkanes of at least 4 members (excludes halogenated alkanes) is 1. The molecule has 9 nitrogen and oxygen atoms in total. The minimum atomic E-state index is -0.574. The number of thiophene rings is 1. The third-order valence-electron chi connectivity index (χ3n) is 11.3. The van der Waals surface area contributed by atoms with Crippen LogP contribution in [0.3, 0.4) is 0 Å². The highest BCUT2D eigenvalue weighted by Crippen LogP contribution is 2.47. The fourth-order valence-corrected chi connectivity index (χ4v) is 9.66. The second-order valence-electron chi connectivity index (χ2n) is 15.2. The highest BCUT2D eigenvalue weighted by atomic mass is 79.9. The van der Waals surface area contributed by atoms with Crippen molar-refractivity contribution in [3.8, 4) is 27.7 Å². The SMILES string of the molecule is O=C1CCC(N2Cc3cc(CCCCN4CCCN(CCCc5ccc(Oc6c(-c7ccc(Br)cc7)sc7cc(O)ccc67)cc5)CC4)ccc3C2=O)C(=O)N1. The zero-order valence-corrected chi connectivity index (χ0v) is 33.9. The van der Waals surface area contributed by atoms with Crippen LogP contribution in [0.2, 0.25) is 0 Å². The molecule has 1 aromatic heterocycles. The second-order valence-corrected chi connectivity index (χ2v) is 17.2. The number of aryl methyl sites for hydroxylation is 2. The van der Waals surface area contributed by atoms with Gasteiger partial charge in [0.1, 0.15) is 17.5 Å². The second kappa shape index (κ2) is 17.3. The topological polar surface area (TPSA) is 102 Å². The number of benzene rings is 4. The van der Waals surface area contributed by atoms with Gasteiger partial charge < -0.3 is 24.5 Å². The molecule has 8 rings (SSSR count). The summed E-state index contributed by atoms with van der Waals surface area (Å²) in [5.41, 5.74) is 5.27. The molecule has 2 saturated heterocycles. The molecular weight excluding hydrogens is 788 g/mol. The van der Waals surface area contributed by atoms with Crippen LogP contribution in [0.25, 0.3) is 20.5 Å². The Morgan fingerprint density at radius 2 is 1.54 bits per heavy atom. The molecule has 0 spiro atoms. The summed E-state index contributed by atoms with van der Waals surface area (Å²) in [6, 6.07) is 27.7. The number of phenolic OH excluding ortho intramolecular Hbond substituents is 1. The fourth-order valence-electron chi connectivity index (χ4n) is 8.22. The minimum Gasteiger partial charge on any atom is -0.508 e. The number of ether oxygens (including phenoxy) is 1. The number of aromatic hydroxyl groups is 1. The van der Waals surface area contributed by atoms with Crippen LogP contribution in [0.15, 0.2) is 89.4 Å². The first-order valence-corrected chi connectivity index (χ1v) is 21.4. The number of rotatable bonds is 13. The number of imide groups is 1. The molecule has 3 amide bonds. The van der Waals surface area contributed by atoms with Crippen LogP contribution in [0.1, 0.15) is 65.6 Å². The van der Waals surface area contributed by atoms with Gasteiger partial charge in [0.05, 0.1) is 4.88 Å². The van der Waals surface area contributed by atoms with Crippen molar-refractivity contribution in [3.05, 3.63) is 112 Å². The van der Waals surface area contributed by atoms with Gasteiger partial charge in [0.2, 0.25) is 11.8 Å². The van der Waals surface area contributed by atoms with Crippen LogP contribution in [0, 0.1) is 0 Å². The number of carbonyl (C=O) groups excluding carboxylic acids is 3. The lowest BCUT2D eigenvalue weighted by atomic mass is 10.0. The molecule has 5 aromatic rings. The number of amides is 3. The van der Waals surface area contributed by atoms with Crippen LogP contribution in [0.5, 0.6) is 17.2 Å². The van der Waals surface area contributed by atoms with Gasteiger partial charge in [-0.15, -0.1) is 11.3 Å². The Morgan fingerprint density at radius 3 is 2.30 bits per heavy atom. The molecule has 56 heavy (non-hydrogen) atoms. The van der Waals surface area contributed by atoms with Gasteiger partial charge in [0.25, 0.3) is 5.91 Å². The van der Waals surface area contributed by atoms with Gasteiger partial charge >= 0.3 is 0 Å². The lowest BCUT2D eigenvalue weighted by Crippen LogP contribution is -2.52. The molecule has 11 heteroatoms. The normalized spacial score (nSPS) is 18.0. The average molecular weight is 836 g/mol. The molecule has 1 atom stereocenters. The summed E-state index contributed by atoms with van der Waals surface area (Å²) < 4.78 is 8.56. The van der Waals surface area contributed by atoms with Crippen LogP contribution >= 0.6 is 27.3 Å². The molecule has 1 unspecified atom stereocenters. The molecular formula is C45H47BrN4O5S. The molecule has 0 bridgehead atoms. The van der Waals surface area contributed by atoms with E-state index in [1.807, 2.05) is 24.3 Å². The van der Waals surface area contributed by atoms with E-state index in [1.54, 1.807) is 28.4 Å². The Balaban J connectivity index is 0.763. The third kappa shape index (κ3) is 8.86. The van der Waals surface area contributed by atoms with E-state index in [-0.39, 0.29) is 29.9 Å². The Hall–Kier alpha value is -4.55. The van der Waals surface area contributed by atoms with Crippen LogP contribution < -0.4 is 10.1 Å². The minimum absolute atomic E-state index is 0.115. The van der Waals surface area contributed by atoms with Crippen molar-refractivity contribution in [2.24, 2.45) is 0 Å². The van der Waals surface area contributed by atoms with Crippen molar-refractivity contribution in [2.45, 2.75) is 64.0 Å². The lowest BCUT2D eigenvalue weighted by Gasteiger charge is -2.29. The summed E-state index contributed by atoms with van der Waals surface area (Å²) in [6.45, 7) is 7.10. The third-order valence-corrected chi connectivity index (χ3v) is 13.0. The summed E-state index contributed by atoms with van der Waals surface area (Å²) in [5.74, 6) is 1.11. The number of hydrogen-bond acceptors (Lipinski definition) is 8. The van der Waals surface area contributed by atoms with E-state index < -0.39 is 6.04 Å². The van der Waals surface area contributed by atoms with Gasteiger partial charge in [-0.2, -0.15) is 0 Å². The van der Waals surface area contributed by atoms with Gasteiger partial charge in [-0.3, -0.25) is 19.7 Å². The monoisotopic (exact) mass is 834 g/mol. The summed E-state index contributed by atoms with van der Waals surface area (Å²) in [6.07, 6.45) is 7.18. The van der Waals surface area contributed by atoms with Gasteiger partial charge in [-0.25, -0.2) is 0 Å². The molecule has 0 aliphatic carbocycles. The van der Waals surface area contributed by atoms with Gasteiger partial charge in [0.15, 0.2) is 5.75 Å². The van der Waals surface area contributed by atoms with E-state index in [0.29, 0.717) is 18.5 Å². The molecule has 2 N–H and O–H groups in total. The average Bonchev–Trinajstić information content (AvgIpc) is 3.60. The smallest absolute Gasteiger partial charge is 0.255 e. The number of nitrogens with zero attached hydrogens (tertiary/aromatic N) is 3. The Morgan fingerprint density at radius 1 is 0.804 bits per heavy atom. The fraction of sp³-hybridized carbons (Fsp3) is 0.356. The molecule has 0 saturated carbocycles. The van der Waals surface area contributed by atoms with Crippen molar-refractivity contribution < 1.29 is 24.2 Å². The molecule has 4 heterocycles. The zero-order chi connectivity index (χ0) is 38.6. The number of nitrogens with one attached hydrogen (secondary N) is 1. The molecule has 3 aliphatic heterocycles. The van der Waals surface area contributed by atoms with Crippen molar-refractivity contribution in [3.63, 3.8) is 0 Å². The number of piperidine rings is 1. The van der Waals surface area contributed by atoms with Gasteiger partial charge in [0, 0.05) is 46.2 Å². The first-order valence-electron chi connectivity index (χ1n) is 19.8. The standard InChI is InChI=1S/C45H47BrN4O5S/c46-34-12-10-32(11-13-34)43-42(38-18-14-35(51)28-40(38)56-43)55-36-15-7-30(8-16-36)6-3-22-49-24-4-23-48(25-26-49)21-2-1-5-31-9-17-37-33(27-31)29-50(45(37)54)39-19-20-41(52)47-44(39)53/h7-18,27-28,39,51H,1-6,19-26,29H2,(H,47,52,53). The van der Waals surface area contributed by atoms with Crippen molar-refractivity contribution in [1.82, 2.24) is 20.0 Å². The van der Waals surface area contributed by atoms with Gasteiger partial charge in [-0.05, 0) is 142 Å². The van der Waals surface area contributed by atoms with E-state index in [4.69, 9.17) is 4.74 Å². The van der Waals surface area contributed by atoms with E-state index in [1.165, 1.54) is 17.5 Å². The van der Waals surface area contributed by atoms with Gasteiger partial charge in [-0.1, -0.05) is 52.3 Å². The number of fused-ring (bicyclic) bond motifs is 2. The predicted octanol–water partition coefficient (Wildman–Crippen LogP) is 8.55. The van der Waals surface area contributed by atoms with Crippen molar-refractivity contribution in [1.29, 1.82) is 0 Å². The van der Waals surface area contributed by atoms with E-state index in [0.717, 1.165) is 113 Å². The first-order chi connectivity index (χ1) is 27.3. The zero-order valence-electron chi connectivity index (χ0n) is 31.5. The first kappa shape index (κ1) is 38.3. The highest BCUT2D eigenvalue weighted by Gasteiger charge is 2.39. The predicted molar refractivity (Wildman–Crippen MR) is 224 cm³/mol. The van der Waals surface area contributed by atoms with E-state index in [9.17, 15) is 19.5 Å². The van der Waals surface area contributed by atoms with Crippen LogP contribution in [0.4, 0.5) is 0 Å². The molecule has 290 valence electrons. The summed E-state index contributed by atoms with van der Waals surface area (Å²) >= 11 is 5.16. The number of hydrogen-bond donors (Lipinski definition) is 2. The Labute approximate surface area is 340 Å². The largest absolute Gasteiger partial charge is 0.508 e. The molecule has 0 radical (unpaired) electrons. The van der Waals surface area contributed by atoms with E-state index in [2.05, 4.69) is 79.6 Å². The maximum Gasteiger partial charge on any atom is 0.255 e. The number of carbonyl (C=O) groups is 3. The Bertz CT molecular complexity index is 2220. The maximum absolute atomic E-state index is 13.0. The van der Waals surface area contributed by atoms with E-state index >= 15 is 0 Å². The van der Waals surface area contributed by atoms with Crippen LogP contribution in [-0.2, 0) is 29.0 Å². The molecule has 2 fully saturated rings.